The summed E-state index contributed by atoms with van der Waals surface area (Å²) in [6.45, 7) is 1.80. The van der Waals surface area contributed by atoms with Crippen LogP contribution in [-0.2, 0) is 4.79 Å². The normalized spacial score (nSPS) is 15.9. The van der Waals surface area contributed by atoms with Crippen LogP contribution in [0.15, 0.2) is 60.1 Å². The zero-order chi connectivity index (χ0) is 19.0. The summed E-state index contributed by atoms with van der Waals surface area (Å²) in [6.07, 6.45) is 3.38. The molecule has 4 rings (SSSR count). The predicted molar refractivity (Wildman–Crippen MR) is 99.9 cm³/mol. The van der Waals surface area contributed by atoms with Gasteiger partial charge in [-0.25, -0.2) is 4.68 Å². The largest absolute Gasteiger partial charge is 0.496 e. The number of benzene rings is 1. The molecule has 3 N–H and O–H groups in total. The minimum atomic E-state index is -0.548. The smallest absolute Gasteiger partial charge is 0.248 e. The molecule has 136 valence electrons. The number of aromatic nitrogens is 4. The number of anilines is 1. The lowest BCUT2D eigenvalue weighted by atomic mass is 9.94. The average molecular weight is 362 g/mol. The van der Waals surface area contributed by atoms with Crippen molar-refractivity contribution in [2.75, 3.05) is 12.4 Å². The molecule has 0 bridgehead atoms. The van der Waals surface area contributed by atoms with Crippen molar-refractivity contribution in [2.45, 2.75) is 13.0 Å². The van der Waals surface area contributed by atoms with Gasteiger partial charge in [0.25, 0.3) is 0 Å². The van der Waals surface area contributed by atoms with E-state index in [1.807, 2.05) is 36.4 Å². The van der Waals surface area contributed by atoms with Crippen LogP contribution in [-0.4, -0.2) is 32.8 Å². The van der Waals surface area contributed by atoms with Gasteiger partial charge >= 0.3 is 0 Å². The molecule has 1 aliphatic rings. The van der Waals surface area contributed by atoms with Gasteiger partial charge in [0.1, 0.15) is 11.8 Å². The molecule has 2 aromatic heterocycles. The lowest BCUT2D eigenvalue weighted by Gasteiger charge is -2.28. The summed E-state index contributed by atoms with van der Waals surface area (Å²) in [5.74, 6) is 1.14. The fourth-order valence-electron chi connectivity index (χ4n) is 3.27. The van der Waals surface area contributed by atoms with Crippen LogP contribution in [0.3, 0.4) is 0 Å². The van der Waals surface area contributed by atoms with E-state index < -0.39 is 11.9 Å². The van der Waals surface area contributed by atoms with Crippen LogP contribution in [0.25, 0.3) is 11.4 Å². The minimum Gasteiger partial charge on any atom is -0.496 e. The number of nitrogens with two attached hydrogens (primary N) is 1. The van der Waals surface area contributed by atoms with Gasteiger partial charge in [0.15, 0.2) is 5.82 Å². The third-order valence-electron chi connectivity index (χ3n) is 4.47. The molecule has 8 nitrogen and oxygen atoms in total. The van der Waals surface area contributed by atoms with E-state index in [2.05, 4.69) is 20.4 Å². The second-order valence-electron chi connectivity index (χ2n) is 6.12. The second-order valence-corrected chi connectivity index (χ2v) is 6.12. The van der Waals surface area contributed by atoms with Crippen LogP contribution < -0.4 is 15.8 Å². The zero-order valence-electron chi connectivity index (χ0n) is 14.9. The predicted octanol–water partition coefficient (Wildman–Crippen LogP) is 2.12. The summed E-state index contributed by atoms with van der Waals surface area (Å²) in [5.41, 5.74) is 8.30. The van der Waals surface area contributed by atoms with Gasteiger partial charge in [0, 0.05) is 29.2 Å². The topological polar surface area (TPSA) is 108 Å². The fraction of sp³-hybridized carbons (Fsp3) is 0.158. The first kappa shape index (κ1) is 16.8. The Morgan fingerprint density at radius 1 is 1.26 bits per heavy atom. The molecule has 0 saturated heterocycles. The van der Waals surface area contributed by atoms with Crippen molar-refractivity contribution in [3.05, 3.63) is 65.6 Å². The van der Waals surface area contributed by atoms with Gasteiger partial charge in [-0.3, -0.25) is 9.78 Å². The molecule has 1 amide bonds. The Bertz CT molecular complexity index is 1040. The van der Waals surface area contributed by atoms with Crippen LogP contribution >= 0.6 is 0 Å². The maximum absolute atomic E-state index is 12.2. The van der Waals surface area contributed by atoms with E-state index in [-0.39, 0.29) is 0 Å². The molecule has 1 atom stereocenters. The third-order valence-corrected chi connectivity index (χ3v) is 4.47. The van der Waals surface area contributed by atoms with Crippen LogP contribution in [0.2, 0.25) is 0 Å². The van der Waals surface area contributed by atoms with E-state index >= 15 is 0 Å². The summed E-state index contributed by atoms with van der Waals surface area (Å²) in [4.78, 5) is 20.9. The van der Waals surface area contributed by atoms with E-state index in [1.165, 1.54) is 0 Å². The fourth-order valence-corrected chi connectivity index (χ4v) is 3.27. The van der Waals surface area contributed by atoms with Crippen molar-refractivity contribution in [2.24, 2.45) is 5.73 Å². The summed E-state index contributed by atoms with van der Waals surface area (Å²) in [7, 11) is 1.59. The number of nitrogens with one attached hydrogen (secondary N) is 1. The van der Waals surface area contributed by atoms with Crippen LogP contribution in [0.4, 0.5) is 5.95 Å². The Balaban J connectivity index is 1.92. The number of ether oxygens (including phenoxy) is 1. The van der Waals surface area contributed by atoms with Gasteiger partial charge in [-0.2, -0.15) is 4.98 Å². The Morgan fingerprint density at radius 3 is 2.78 bits per heavy atom. The van der Waals surface area contributed by atoms with Gasteiger partial charge in [-0.05, 0) is 25.1 Å². The number of nitrogens with zero attached hydrogens (tertiary/aromatic N) is 4. The van der Waals surface area contributed by atoms with Crippen LogP contribution in [0.5, 0.6) is 5.75 Å². The van der Waals surface area contributed by atoms with E-state index in [0.717, 1.165) is 11.1 Å². The van der Waals surface area contributed by atoms with E-state index in [4.69, 9.17) is 10.5 Å². The molecule has 1 aliphatic heterocycles. The number of carbonyl (C=O) groups is 1. The number of primary amides is 1. The monoisotopic (exact) mass is 362 g/mol. The SMILES string of the molecule is COc1ccccc1C1C(C(N)=O)=C(C)Nc2nc(-c3cccnc3)nn21. The maximum Gasteiger partial charge on any atom is 0.248 e. The van der Waals surface area contributed by atoms with E-state index in [0.29, 0.717) is 28.8 Å². The molecular weight excluding hydrogens is 344 g/mol. The van der Waals surface area contributed by atoms with Crippen molar-refractivity contribution in [3.63, 3.8) is 0 Å². The van der Waals surface area contributed by atoms with Crippen LogP contribution in [0, 0.1) is 0 Å². The van der Waals surface area contributed by atoms with Crippen molar-refractivity contribution in [1.82, 2.24) is 19.7 Å². The number of pyridine rings is 1. The molecule has 0 saturated carbocycles. The first-order chi connectivity index (χ1) is 13.1. The molecule has 0 spiro atoms. The average Bonchev–Trinajstić information content (AvgIpc) is 3.11. The third kappa shape index (κ3) is 2.80. The molecule has 3 heterocycles. The number of methoxy groups -OCH3 is 1. The Morgan fingerprint density at radius 2 is 2.07 bits per heavy atom. The second kappa shape index (κ2) is 6.56. The Labute approximate surface area is 155 Å². The molecule has 0 radical (unpaired) electrons. The van der Waals surface area contributed by atoms with Gasteiger partial charge < -0.3 is 15.8 Å². The highest BCUT2D eigenvalue weighted by atomic mass is 16.5. The highest BCUT2D eigenvalue weighted by Crippen LogP contribution is 2.39. The van der Waals surface area contributed by atoms with Gasteiger partial charge in [-0.15, -0.1) is 5.10 Å². The van der Waals surface area contributed by atoms with Crippen molar-refractivity contribution >= 4 is 11.9 Å². The Hall–Kier alpha value is -3.68. The summed E-state index contributed by atoms with van der Waals surface area (Å²) >= 11 is 0. The first-order valence-electron chi connectivity index (χ1n) is 8.37. The van der Waals surface area contributed by atoms with Gasteiger partial charge in [-0.1, -0.05) is 18.2 Å². The number of carbonyl (C=O) groups excluding carboxylic acids is 1. The number of hydrogen-bond donors (Lipinski definition) is 2. The maximum atomic E-state index is 12.2. The van der Waals surface area contributed by atoms with Crippen molar-refractivity contribution < 1.29 is 9.53 Å². The lowest BCUT2D eigenvalue weighted by molar-refractivity contribution is -0.115. The molecule has 1 unspecified atom stereocenters. The van der Waals surface area contributed by atoms with E-state index in [9.17, 15) is 4.79 Å². The molecule has 0 fully saturated rings. The standard InChI is InChI=1S/C19H18N6O2/c1-11-15(17(20)26)16(13-7-3-4-8-14(13)27-2)25-19(22-11)23-18(24-25)12-6-5-9-21-10-12/h3-10,16H,1-2H3,(H2,20,26)(H,22,23,24). The lowest BCUT2D eigenvalue weighted by Crippen LogP contribution is -2.32. The molecular formula is C19H18N6O2. The molecule has 1 aromatic carbocycles. The Kier molecular flexibility index (Phi) is 4.08. The summed E-state index contributed by atoms with van der Waals surface area (Å²) in [6, 6.07) is 10.6. The highest BCUT2D eigenvalue weighted by Gasteiger charge is 2.34. The molecule has 0 aliphatic carbocycles. The molecule has 27 heavy (non-hydrogen) atoms. The highest BCUT2D eigenvalue weighted by molar-refractivity contribution is 5.95. The molecule has 3 aromatic rings. The quantitative estimate of drug-likeness (QED) is 0.736. The van der Waals surface area contributed by atoms with Crippen molar-refractivity contribution in [1.29, 1.82) is 0 Å². The van der Waals surface area contributed by atoms with E-state index in [1.54, 1.807) is 31.1 Å². The number of rotatable bonds is 4. The first-order valence-corrected chi connectivity index (χ1v) is 8.37. The minimum absolute atomic E-state index is 0.412. The number of para-hydroxylation sites is 1. The summed E-state index contributed by atoms with van der Waals surface area (Å²) in [5, 5.41) is 7.75. The van der Waals surface area contributed by atoms with Crippen LogP contribution in [0.1, 0.15) is 18.5 Å². The number of fused-ring (bicyclic) bond motifs is 1. The van der Waals surface area contributed by atoms with Gasteiger partial charge in [0.2, 0.25) is 11.9 Å². The number of allylic oxidation sites excluding steroid dienone is 1. The number of amides is 1. The summed E-state index contributed by atoms with van der Waals surface area (Å²) < 4.78 is 7.16. The number of hydrogen-bond acceptors (Lipinski definition) is 6. The molecule has 8 heteroatoms. The van der Waals surface area contributed by atoms with Gasteiger partial charge in [0.05, 0.1) is 12.7 Å². The van der Waals surface area contributed by atoms with Crippen molar-refractivity contribution in [3.8, 4) is 17.1 Å². The zero-order valence-corrected chi connectivity index (χ0v) is 14.9.